The van der Waals surface area contributed by atoms with Gasteiger partial charge in [-0.1, -0.05) is 48.5 Å². The molecule has 5 aromatic rings. The number of phenols is 1. The van der Waals surface area contributed by atoms with E-state index in [1.807, 2.05) is 42.5 Å². The Kier molecular flexibility index (Phi) is 4.64. The number of amides is 1. The highest BCUT2D eigenvalue weighted by molar-refractivity contribution is 6.09. The Labute approximate surface area is 179 Å². The van der Waals surface area contributed by atoms with E-state index in [4.69, 9.17) is 0 Å². The van der Waals surface area contributed by atoms with E-state index >= 15 is 0 Å². The summed E-state index contributed by atoms with van der Waals surface area (Å²) >= 11 is 0. The largest absolute Gasteiger partial charge is 0.507 e. The van der Waals surface area contributed by atoms with Gasteiger partial charge in [0, 0.05) is 28.4 Å². The van der Waals surface area contributed by atoms with Crippen LogP contribution in [0.5, 0.6) is 5.75 Å². The molecule has 0 bridgehead atoms. The summed E-state index contributed by atoms with van der Waals surface area (Å²) in [5.41, 5.74) is 5.97. The highest BCUT2D eigenvalue weighted by Crippen LogP contribution is 2.29. The molecule has 31 heavy (non-hydrogen) atoms. The second-order valence-corrected chi connectivity index (χ2v) is 7.45. The van der Waals surface area contributed by atoms with Crippen molar-refractivity contribution in [3.8, 4) is 5.75 Å². The van der Waals surface area contributed by atoms with Crippen LogP contribution in [0.4, 0.5) is 0 Å². The van der Waals surface area contributed by atoms with Crippen LogP contribution in [0.3, 0.4) is 0 Å². The van der Waals surface area contributed by atoms with Gasteiger partial charge in [-0.3, -0.25) is 4.79 Å². The number of hydrogen-bond acceptors (Lipinski definition) is 3. The maximum atomic E-state index is 12.5. The molecule has 0 atom stereocenters. The summed E-state index contributed by atoms with van der Waals surface area (Å²) in [5.74, 6) is -0.525. The van der Waals surface area contributed by atoms with Gasteiger partial charge in [-0.2, -0.15) is 5.10 Å². The average Bonchev–Trinajstić information content (AvgIpc) is 3.11. The predicted molar refractivity (Wildman–Crippen MR) is 126 cm³/mol. The van der Waals surface area contributed by atoms with Gasteiger partial charge in [0.2, 0.25) is 0 Å². The molecule has 0 spiro atoms. The molecule has 4 aromatic carbocycles. The minimum atomic E-state index is -0.455. The lowest BCUT2D eigenvalue weighted by molar-refractivity contribution is 0.0952. The number of aryl methyl sites for hydroxylation is 1. The molecule has 2 N–H and O–H groups in total. The van der Waals surface area contributed by atoms with Crippen LogP contribution in [0.2, 0.25) is 0 Å². The van der Waals surface area contributed by atoms with E-state index < -0.39 is 5.91 Å². The maximum Gasteiger partial charge on any atom is 0.275 e. The number of carbonyl (C=O) groups excluding carboxylic acids is 1. The Balaban J connectivity index is 1.42. The second kappa shape index (κ2) is 7.61. The van der Waals surface area contributed by atoms with Gasteiger partial charge >= 0.3 is 0 Å². The van der Waals surface area contributed by atoms with Crippen molar-refractivity contribution >= 4 is 44.7 Å². The van der Waals surface area contributed by atoms with Crippen LogP contribution in [-0.4, -0.2) is 21.8 Å². The summed E-state index contributed by atoms with van der Waals surface area (Å²) in [6.07, 6.45) is 1.62. The molecule has 5 rings (SSSR count). The van der Waals surface area contributed by atoms with E-state index in [-0.39, 0.29) is 11.3 Å². The zero-order chi connectivity index (χ0) is 21.4. The summed E-state index contributed by atoms with van der Waals surface area (Å²) in [4.78, 5) is 12.5. The second-order valence-electron chi connectivity index (χ2n) is 7.45. The number of aromatic nitrogens is 1. The van der Waals surface area contributed by atoms with E-state index in [1.54, 1.807) is 18.3 Å². The third kappa shape index (κ3) is 3.30. The molecule has 0 fully saturated rings. The van der Waals surface area contributed by atoms with Crippen LogP contribution >= 0.6 is 0 Å². The third-order valence-corrected chi connectivity index (χ3v) is 5.60. The van der Waals surface area contributed by atoms with Gasteiger partial charge in [-0.05, 0) is 53.6 Å². The van der Waals surface area contributed by atoms with Crippen molar-refractivity contribution in [3.05, 3.63) is 90.0 Å². The molecule has 0 unspecified atom stereocenters. The highest BCUT2D eigenvalue weighted by Gasteiger charge is 2.12. The zero-order valence-corrected chi connectivity index (χ0v) is 17.0. The van der Waals surface area contributed by atoms with Gasteiger partial charge in [0.15, 0.2) is 0 Å². The molecule has 5 nitrogen and oxygen atoms in total. The number of phenolic OH excluding ortho intramolecular Hbond substituents is 1. The van der Waals surface area contributed by atoms with Crippen LogP contribution in [0, 0.1) is 0 Å². The summed E-state index contributed by atoms with van der Waals surface area (Å²) < 4.78 is 2.29. The number of benzene rings is 4. The van der Waals surface area contributed by atoms with E-state index in [0.717, 1.165) is 28.3 Å². The number of hydrogen-bond donors (Lipinski definition) is 2. The minimum Gasteiger partial charge on any atom is -0.507 e. The number of para-hydroxylation sites is 1. The molecule has 1 aromatic heterocycles. The van der Waals surface area contributed by atoms with E-state index in [1.165, 1.54) is 16.4 Å². The molecule has 1 heterocycles. The third-order valence-electron chi connectivity index (χ3n) is 5.60. The molecule has 0 radical (unpaired) electrons. The van der Waals surface area contributed by atoms with Crippen LogP contribution in [0.1, 0.15) is 22.8 Å². The van der Waals surface area contributed by atoms with E-state index in [9.17, 15) is 9.90 Å². The molecule has 1 amide bonds. The number of rotatable bonds is 4. The average molecular weight is 407 g/mol. The zero-order valence-electron chi connectivity index (χ0n) is 17.0. The van der Waals surface area contributed by atoms with Crippen LogP contribution in [-0.2, 0) is 6.54 Å². The summed E-state index contributed by atoms with van der Waals surface area (Å²) in [6.45, 7) is 3.03. The predicted octanol–water partition coefficient (Wildman–Crippen LogP) is 5.44. The first-order valence-corrected chi connectivity index (χ1v) is 10.2. The first-order chi connectivity index (χ1) is 15.2. The first-order valence-electron chi connectivity index (χ1n) is 10.2. The summed E-state index contributed by atoms with van der Waals surface area (Å²) in [5, 5.41) is 18.4. The molecule has 0 saturated heterocycles. The fourth-order valence-corrected chi connectivity index (χ4v) is 4.13. The van der Waals surface area contributed by atoms with Crippen molar-refractivity contribution in [1.29, 1.82) is 0 Å². The van der Waals surface area contributed by atoms with Gasteiger partial charge < -0.3 is 9.67 Å². The van der Waals surface area contributed by atoms with Crippen LogP contribution in [0.15, 0.2) is 84.0 Å². The quantitative estimate of drug-likeness (QED) is 0.308. The van der Waals surface area contributed by atoms with Crippen molar-refractivity contribution in [2.75, 3.05) is 0 Å². The molecular formula is C26H21N3O2. The lowest BCUT2D eigenvalue weighted by atomic mass is 10.1. The maximum absolute atomic E-state index is 12.5. The molecule has 152 valence electrons. The number of nitrogens with zero attached hydrogens (tertiary/aromatic N) is 2. The molecule has 0 aliphatic rings. The normalized spacial score (nSPS) is 11.6. The Hall–Kier alpha value is -4.12. The fourth-order valence-electron chi connectivity index (χ4n) is 4.13. The molecular weight excluding hydrogens is 386 g/mol. The van der Waals surface area contributed by atoms with E-state index in [0.29, 0.717) is 0 Å². The summed E-state index contributed by atoms with van der Waals surface area (Å²) in [6, 6.07) is 25.3. The fraction of sp³-hybridized carbons (Fsp3) is 0.0769. The Bertz CT molecular complexity index is 1480. The number of hydrazone groups is 1. The van der Waals surface area contributed by atoms with Gasteiger partial charge in [0.25, 0.3) is 5.91 Å². The summed E-state index contributed by atoms with van der Waals surface area (Å²) in [7, 11) is 0. The highest BCUT2D eigenvalue weighted by atomic mass is 16.3. The Morgan fingerprint density at radius 3 is 2.45 bits per heavy atom. The topological polar surface area (TPSA) is 66.6 Å². The molecule has 0 saturated carbocycles. The van der Waals surface area contributed by atoms with Crippen LogP contribution < -0.4 is 5.43 Å². The Morgan fingerprint density at radius 1 is 0.935 bits per heavy atom. The van der Waals surface area contributed by atoms with Gasteiger partial charge in [-0.15, -0.1) is 0 Å². The van der Waals surface area contributed by atoms with Crippen molar-refractivity contribution in [2.24, 2.45) is 5.10 Å². The smallest absolute Gasteiger partial charge is 0.275 e. The lowest BCUT2D eigenvalue weighted by Crippen LogP contribution is -2.17. The molecule has 0 aliphatic heterocycles. The first kappa shape index (κ1) is 18.9. The molecule has 0 aliphatic carbocycles. The van der Waals surface area contributed by atoms with Crippen molar-refractivity contribution in [3.63, 3.8) is 0 Å². The number of carbonyl (C=O) groups is 1. The van der Waals surface area contributed by atoms with Gasteiger partial charge in [0.05, 0.1) is 11.8 Å². The minimum absolute atomic E-state index is 0.0693. The van der Waals surface area contributed by atoms with E-state index in [2.05, 4.69) is 46.3 Å². The number of aromatic hydroxyl groups is 1. The van der Waals surface area contributed by atoms with Gasteiger partial charge in [0.1, 0.15) is 5.75 Å². The SMILES string of the molecule is CCn1c2ccccc2c2cc(/C=N\NC(=O)c3cc4ccccc4cc3O)ccc21. The number of fused-ring (bicyclic) bond motifs is 4. The number of nitrogens with one attached hydrogen (secondary N) is 1. The molecule has 5 heteroatoms. The monoisotopic (exact) mass is 407 g/mol. The van der Waals surface area contributed by atoms with Crippen molar-refractivity contribution < 1.29 is 9.90 Å². The van der Waals surface area contributed by atoms with Crippen molar-refractivity contribution in [2.45, 2.75) is 13.5 Å². The lowest BCUT2D eigenvalue weighted by Gasteiger charge is -2.06. The Morgan fingerprint density at radius 2 is 1.65 bits per heavy atom. The van der Waals surface area contributed by atoms with Crippen LogP contribution in [0.25, 0.3) is 32.6 Å². The van der Waals surface area contributed by atoms with Crippen molar-refractivity contribution in [1.82, 2.24) is 9.99 Å². The van der Waals surface area contributed by atoms with Gasteiger partial charge in [-0.25, -0.2) is 5.43 Å². The standard InChI is InChI=1S/C26H21N3O2/c1-2-29-23-10-6-5-9-20(23)21-13-17(11-12-24(21)29)16-27-28-26(31)22-14-18-7-3-4-8-19(18)15-25(22)30/h3-16,30H,2H2,1H3,(H,28,31)/b27-16-.